The van der Waals surface area contributed by atoms with Crippen LogP contribution in [0.15, 0.2) is 53.4 Å². The summed E-state index contributed by atoms with van der Waals surface area (Å²) in [5, 5.41) is 0. The molecule has 3 nitrogen and oxygen atoms in total. The van der Waals surface area contributed by atoms with E-state index in [0.717, 1.165) is 0 Å². The molecule has 0 aromatic heterocycles. The highest BCUT2D eigenvalue weighted by Crippen LogP contribution is 2.21. The highest BCUT2D eigenvalue weighted by atomic mass is 32.2. The normalized spacial score (nSPS) is 11.2. The third kappa shape index (κ3) is 2.51. The van der Waals surface area contributed by atoms with Crippen molar-refractivity contribution in [2.45, 2.75) is 11.8 Å². The van der Waals surface area contributed by atoms with Crippen molar-refractivity contribution in [1.82, 2.24) is 0 Å². The molecule has 18 heavy (non-hydrogen) atoms. The number of hydrogen-bond acceptors (Lipinski definition) is 2. The van der Waals surface area contributed by atoms with Crippen molar-refractivity contribution in [3.05, 3.63) is 59.9 Å². The molecule has 0 unspecified atom stereocenters. The minimum Gasteiger partial charge on any atom is -0.279 e. The Morgan fingerprint density at radius 3 is 2.33 bits per heavy atom. The van der Waals surface area contributed by atoms with E-state index in [1.54, 1.807) is 18.2 Å². The van der Waals surface area contributed by atoms with Crippen molar-refractivity contribution in [2.24, 2.45) is 0 Å². The van der Waals surface area contributed by atoms with E-state index in [4.69, 9.17) is 0 Å². The maximum Gasteiger partial charge on any atom is 0.261 e. The van der Waals surface area contributed by atoms with E-state index in [-0.39, 0.29) is 16.1 Å². The van der Waals surface area contributed by atoms with Gasteiger partial charge in [-0.25, -0.2) is 12.8 Å². The van der Waals surface area contributed by atoms with Crippen LogP contribution in [0.4, 0.5) is 10.1 Å². The van der Waals surface area contributed by atoms with Crippen molar-refractivity contribution in [3.8, 4) is 0 Å². The van der Waals surface area contributed by atoms with E-state index in [9.17, 15) is 12.8 Å². The number of rotatable bonds is 3. The second kappa shape index (κ2) is 4.78. The molecule has 94 valence electrons. The molecule has 2 aromatic carbocycles. The Labute approximate surface area is 105 Å². The predicted octanol–water partition coefficient (Wildman–Crippen LogP) is 2.93. The fraction of sp³-hybridized carbons (Fsp3) is 0.0769. The molecule has 0 heterocycles. The molecule has 0 aliphatic carbocycles. The highest BCUT2D eigenvalue weighted by molar-refractivity contribution is 7.92. The van der Waals surface area contributed by atoms with Crippen molar-refractivity contribution in [3.63, 3.8) is 0 Å². The summed E-state index contributed by atoms with van der Waals surface area (Å²) in [7, 11) is -3.67. The standard InChI is InChI=1S/C13H12FNO2S/c1-10-12(14)8-5-9-13(10)15-18(16,17)11-6-3-2-4-7-11/h2-9,15H,1H3. The van der Waals surface area contributed by atoms with Gasteiger partial charge < -0.3 is 0 Å². The van der Waals surface area contributed by atoms with Crippen LogP contribution in [0.2, 0.25) is 0 Å². The largest absolute Gasteiger partial charge is 0.279 e. The van der Waals surface area contributed by atoms with E-state index < -0.39 is 15.8 Å². The summed E-state index contributed by atoms with van der Waals surface area (Å²) in [6.07, 6.45) is 0. The van der Waals surface area contributed by atoms with Gasteiger partial charge in [-0.2, -0.15) is 0 Å². The number of benzene rings is 2. The van der Waals surface area contributed by atoms with Crippen LogP contribution in [0.1, 0.15) is 5.56 Å². The lowest BCUT2D eigenvalue weighted by molar-refractivity contribution is 0.600. The molecule has 2 aromatic rings. The monoisotopic (exact) mass is 265 g/mol. The van der Waals surface area contributed by atoms with Gasteiger partial charge in [-0.3, -0.25) is 4.72 Å². The molecule has 0 saturated carbocycles. The maximum atomic E-state index is 13.3. The van der Waals surface area contributed by atoms with E-state index in [1.165, 1.54) is 37.3 Å². The highest BCUT2D eigenvalue weighted by Gasteiger charge is 2.15. The van der Waals surface area contributed by atoms with Crippen LogP contribution >= 0.6 is 0 Å². The summed E-state index contributed by atoms with van der Waals surface area (Å²) < 4.78 is 39.8. The molecule has 5 heteroatoms. The lowest BCUT2D eigenvalue weighted by Crippen LogP contribution is -2.13. The third-order valence-corrected chi connectivity index (χ3v) is 3.95. The van der Waals surface area contributed by atoms with E-state index >= 15 is 0 Å². The lowest BCUT2D eigenvalue weighted by Gasteiger charge is -2.10. The first-order chi connectivity index (χ1) is 8.50. The minimum atomic E-state index is -3.67. The zero-order valence-corrected chi connectivity index (χ0v) is 10.5. The molecule has 1 N–H and O–H groups in total. The van der Waals surface area contributed by atoms with Crippen LogP contribution in [0, 0.1) is 12.7 Å². The van der Waals surface area contributed by atoms with Gasteiger partial charge in [-0.05, 0) is 31.2 Å². The second-order valence-electron chi connectivity index (χ2n) is 3.83. The molecule has 0 aliphatic rings. The van der Waals surface area contributed by atoms with Gasteiger partial charge in [-0.15, -0.1) is 0 Å². The Hall–Kier alpha value is -1.88. The molecular formula is C13H12FNO2S. The Morgan fingerprint density at radius 1 is 1.00 bits per heavy atom. The first kappa shape index (κ1) is 12.6. The number of anilines is 1. The van der Waals surface area contributed by atoms with Crippen LogP contribution in [0.3, 0.4) is 0 Å². The van der Waals surface area contributed by atoms with Gasteiger partial charge in [0.15, 0.2) is 0 Å². The number of nitrogens with one attached hydrogen (secondary N) is 1. The average molecular weight is 265 g/mol. The average Bonchev–Trinajstić information content (AvgIpc) is 2.36. The molecule has 0 saturated heterocycles. The van der Waals surface area contributed by atoms with Gasteiger partial charge in [0, 0.05) is 5.56 Å². The van der Waals surface area contributed by atoms with E-state index in [0.29, 0.717) is 0 Å². The molecule has 2 rings (SSSR count). The van der Waals surface area contributed by atoms with Crippen LogP contribution in [0.25, 0.3) is 0 Å². The van der Waals surface area contributed by atoms with Crippen molar-refractivity contribution in [1.29, 1.82) is 0 Å². The molecule has 0 aliphatic heterocycles. The Balaban J connectivity index is 2.37. The zero-order valence-electron chi connectivity index (χ0n) is 9.72. The van der Waals surface area contributed by atoms with Gasteiger partial charge >= 0.3 is 0 Å². The summed E-state index contributed by atoms with van der Waals surface area (Å²) in [6, 6.07) is 12.2. The SMILES string of the molecule is Cc1c(F)cccc1NS(=O)(=O)c1ccccc1. The summed E-state index contributed by atoms with van der Waals surface area (Å²) >= 11 is 0. The Bertz CT molecular complexity index is 654. The Morgan fingerprint density at radius 2 is 1.67 bits per heavy atom. The van der Waals surface area contributed by atoms with Gasteiger partial charge in [-0.1, -0.05) is 24.3 Å². The van der Waals surface area contributed by atoms with Gasteiger partial charge in [0.05, 0.1) is 10.6 Å². The summed E-state index contributed by atoms with van der Waals surface area (Å²) in [4.78, 5) is 0.147. The number of halogens is 1. The van der Waals surface area contributed by atoms with E-state index in [2.05, 4.69) is 4.72 Å². The summed E-state index contributed by atoms with van der Waals surface area (Å²) in [6.45, 7) is 1.53. The molecule has 0 radical (unpaired) electrons. The van der Waals surface area contributed by atoms with Crippen molar-refractivity contribution in [2.75, 3.05) is 4.72 Å². The van der Waals surface area contributed by atoms with Gasteiger partial charge in [0.2, 0.25) is 0 Å². The fourth-order valence-corrected chi connectivity index (χ4v) is 2.67. The molecular weight excluding hydrogens is 253 g/mol. The zero-order chi connectivity index (χ0) is 13.2. The topological polar surface area (TPSA) is 46.2 Å². The second-order valence-corrected chi connectivity index (χ2v) is 5.51. The van der Waals surface area contributed by atoms with Gasteiger partial charge in [0.25, 0.3) is 10.0 Å². The quantitative estimate of drug-likeness (QED) is 0.927. The lowest BCUT2D eigenvalue weighted by atomic mass is 10.2. The summed E-state index contributed by atoms with van der Waals surface area (Å²) in [5.41, 5.74) is 0.524. The van der Waals surface area contributed by atoms with Crippen LogP contribution in [-0.4, -0.2) is 8.42 Å². The molecule has 0 atom stereocenters. The molecule has 0 bridgehead atoms. The molecule has 0 spiro atoms. The predicted molar refractivity (Wildman–Crippen MR) is 68.4 cm³/mol. The number of sulfonamides is 1. The maximum absolute atomic E-state index is 13.3. The van der Waals surface area contributed by atoms with Crippen molar-refractivity contribution < 1.29 is 12.8 Å². The summed E-state index contributed by atoms with van der Waals surface area (Å²) in [5.74, 6) is -0.441. The van der Waals surface area contributed by atoms with E-state index in [1.807, 2.05) is 0 Å². The first-order valence-corrected chi connectivity index (χ1v) is 6.82. The molecule has 0 fully saturated rings. The molecule has 0 amide bonds. The van der Waals surface area contributed by atoms with Crippen LogP contribution < -0.4 is 4.72 Å². The first-order valence-electron chi connectivity index (χ1n) is 5.34. The smallest absolute Gasteiger partial charge is 0.261 e. The fourth-order valence-electron chi connectivity index (χ4n) is 1.52. The Kier molecular flexibility index (Phi) is 3.34. The van der Waals surface area contributed by atoms with Gasteiger partial charge in [0.1, 0.15) is 5.82 Å². The van der Waals surface area contributed by atoms with Crippen LogP contribution in [-0.2, 0) is 10.0 Å². The van der Waals surface area contributed by atoms with Crippen molar-refractivity contribution >= 4 is 15.7 Å². The third-order valence-electron chi connectivity index (χ3n) is 2.57. The number of hydrogen-bond donors (Lipinski definition) is 1. The van der Waals surface area contributed by atoms with Crippen LogP contribution in [0.5, 0.6) is 0 Å². The minimum absolute atomic E-state index is 0.147.